The van der Waals surface area contributed by atoms with E-state index in [-0.39, 0.29) is 11.3 Å². The smallest absolute Gasteiger partial charge is 0.335 e. The first-order chi connectivity index (χ1) is 5.78. The fraction of sp³-hybridized carbons (Fsp3) is 0.900. The Balaban J connectivity index is 2.79. The largest absolute Gasteiger partial charge is 0.479 e. The SMILES string of the molecule is CC1CC(C)(C)CCC1(O)C(=O)O. The first kappa shape index (κ1) is 10.5. The van der Waals surface area contributed by atoms with Crippen LogP contribution in [0.4, 0.5) is 0 Å². The van der Waals surface area contributed by atoms with Gasteiger partial charge in [0.1, 0.15) is 0 Å². The summed E-state index contributed by atoms with van der Waals surface area (Å²) in [4.78, 5) is 10.8. The minimum Gasteiger partial charge on any atom is -0.479 e. The molecule has 3 heteroatoms. The quantitative estimate of drug-likeness (QED) is 0.654. The van der Waals surface area contributed by atoms with Crippen molar-refractivity contribution in [1.29, 1.82) is 0 Å². The monoisotopic (exact) mass is 186 g/mol. The first-order valence-corrected chi connectivity index (χ1v) is 4.74. The minimum absolute atomic E-state index is 0.159. The van der Waals surface area contributed by atoms with Crippen LogP contribution in [0, 0.1) is 11.3 Å². The van der Waals surface area contributed by atoms with Gasteiger partial charge in [0.15, 0.2) is 5.60 Å². The van der Waals surface area contributed by atoms with Crippen molar-refractivity contribution in [2.75, 3.05) is 0 Å². The molecular weight excluding hydrogens is 168 g/mol. The molecule has 0 aliphatic heterocycles. The molecule has 0 heterocycles. The molecule has 3 nitrogen and oxygen atoms in total. The van der Waals surface area contributed by atoms with Crippen LogP contribution in [0.25, 0.3) is 0 Å². The molecule has 2 unspecified atom stereocenters. The number of carbonyl (C=O) groups is 1. The van der Waals surface area contributed by atoms with Crippen LogP contribution in [-0.4, -0.2) is 21.8 Å². The van der Waals surface area contributed by atoms with Gasteiger partial charge < -0.3 is 10.2 Å². The van der Waals surface area contributed by atoms with Crippen molar-refractivity contribution in [3.05, 3.63) is 0 Å². The fourth-order valence-corrected chi connectivity index (χ4v) is 2.19. The predicted molar refractivity (Wildman–Crippen MR) is 49.4 cm³/mol. The standard InChI is InChI=1S/C10H18O3/c1-7-6-9(2,3)4-5-10(7,13)8(11)12/h7,13H,4-6H2,1-3H3,(H,11,12). The molecule has 0 bridgehead atoms. The van der Waals surface area contributed by atoms with Gasteiger partial charge in [0, 0.05) is 0 Å². The van der Waals surface area contributed by atoms with Crippen LogP contribution in [0.3, 0.4) is 0 Å². The van der Waals surface area contributed by atoms with E-state index < -0.39 is 11.6 Å². The van der Waals surface area contributed by atoms with E-state index in [2.05, 4.69) is 13.8 Å². The van der Waals surface area contributed by atoms with Crippen molar-refractivity contribution in [3.8, 4) is 0 Å². The zero-order chi connectivity index (χ0) is 10.3. The Bertz CT molecular complexity index is 222. The summed E-state index contributed by atoms with van der Waals surface area (Å²) in [5.74, 6) is -1.23. The maximum Gasteiger partial charge on any atom is 0.335 e. The maximum atomic E-state index is 10.8. The molecule has 1 saturated carbocycles. The van der Waals surface area contributed by atoms with E-state index in [1.807, 2.05) is 6.92 Å². The van der Waals surface area contributed by atoms with Crippen molar-refractivity contribution in [2.45, 2.75) is 45.6 Å². The summed E-state index contributed by atoms with van der Waals surface area (Å²) >= 11 is 0. The number of rotatable bonds is 1. The molecule has 0 aromatic heterocycles. The van der Waals surface area contributed by atoms with Gasteiger partial charge in [-0.05, 0) is 30.6 Å². The molecule has 1 aliphatic rings. The lowest BCUT2D eigenvalue weighted by molar-refractivity contribution is -0.171. The Morgan fingerprint density at radius 1 is 1.38 bits per heavy atom. The molecule has 0 aromatic rings. The molecule has 0 saturated heterocycles. The summed E-state index contributed by atoms with van der Waals surface area (Å²) in [5, 5.41) is 18.7. The average Bonchev–Trinajstić information content (AvgIpc) is 1.96. The summed E-state index contributed by atoms with van der Waals surface area (Å²) in [5.41, 5.74) is -1.32. The molecule has 1 aliphatic carbocycles. The van der Waals surface area contributed by atoms with Crippen molar-refractivity contribution in [1.82, 2.24) is 0 Å². The second-order valence-electron chi connectivity index (χ2n) is 5.00. The Morgan fingerprint density at radius 3 is 2.31 bits per heavy atom. The topological polar surface area (TPSA) is 57.5 Å². The highest BCUT2D eigenvalue weighted by molar-refractivity contribution is 5.77. The van der Waals surface area contributed by atoms with Gasteiger partial charge in [-0.1, -0.05) is 20.8 Å². The zero-order valence-corrected chi connectivity index (χ0v) is 8.50. The summed E-state index contributed by atoms with van der Waals surface area (Å²) in [6.45, 7) is 6.05. The lowest BCUT2D eigenvalue weighted by Gasteiger charge is -2.42. The van der Waals surface area contributed by atoms with E-state index >= 15 is 0 Å². The van der Waals surface area contributed by atoms with Crippen molar-refractivity contribution in [2.24, 2.45) is 11.3 Å². The summed E-state index contributed by atoms with van der Waals surface area (Å²) in [7, 11) is 0. The highest BCUT2D eigenvalue weighted by Crippen LogP contribution is 2.43. The fourth-order valence-electron chi connectivity index (χ4n) is 2.19. The van der Waals surface area contributed by atoms with Crippen molar-refractivity contribution < 1.29 is 15.0 Å². The molecule has 2 atom stereocenters. The molecule has 0 amide bonds. The van der Waals surface area contributed by atoms with Crippen LogP contribution in [0.1, 0.15) is 40.0 Å². The number of carboxylic acid groups (broad SMARTS) is 1. The van der Waals surface area contributed by atoms with Gasteiger partial charge in [0.2, 0.25) is 0 Å². The summed E-state index contributed by atoms with van der Waals surface area (Å²) in [6.07, 6.45) is 1.92. The maximum absolute atomic E-state index is 10.8. The molecule has 13 heavy (non-hydrogen) atoms. The Hall–Kier alpha value is -0.570. The molecule has 0 spiro atoms. The van der Waals surface area contributed by atoms with Gasteiger partial charge in [-0.3, -0.25) is 0 Å². The third kappa shape index (κ3) is 1.85. The Kier molecular flexibility index (Phi) is 2.41. The van der Waals surface area contributed by atoms with Gasteiger partial charge in [-0.15, -0.1) is 0 Å². The van der Waals surface area contributed by atoms with Crippen LogP contribution in [0.5, 0.6) is 0 Å². The number of hydrogen-bond donors (Lipinski definition) is 2. The highest BCUT2D eigenvalue weighted by atomic mass is 16.4. The number of hydrogen-bond acceptors (Lipinski definition) is 2. The summed E-state index contributed by atoms with van der Waals surface area (Å²) < 4.78 is 0. The minimum atomic E-state index is -1.49. The van der Waals surface area contributed by atoms with Crippen LogP contribution < -0.4 is 0 Å². The molecule has 0 radical (unpaired) electrons. The Labute approximate surface area is 78.8 Å². The predicted octanol–water partition coefficient (Wildman–Crippen LogP) is 1.65. The second-order valence-corrected chi connectivity index (χ2v) is 5.00. The number of carboxylic acids is 1. The third-order valence-corrected chi connectivity index (χ3v) is 3.23. The van der Waals surface area contributed by atoms with Gasteiger partial charge in [0.05, 0.1) is 0 Å². The highest BCUT2D eigenvalue weighted by Gasteiger charge is 2.47. The average molecular weight is 186 g/mol. The number of aliphatic carboxylic acids is 1. The lowest BCUT2D eigenvalue weighted by Crippen LogP contribution is -2.50. The summed E-state index contributed by atoms with van der Waals surface area (Å²) in [6, 6.07) is 0. The second kappa shape index (κ2) is 2.98. The molecule has 1 rings (SSSR count). The van der Waals surface area contributed by atoms with Gasteiger partial charge >= 0.3 is 5.97 Å². The normalized spacial score (nSPS) is 38.6. The van der Waals surface area contributed by atoms with Crippen LogP contribution >= 0.6 is 0 Å². The van der Waals surface area contributed by atoms with E-state index in [9.17, 15) is 9.90 Å². The van der Waals surface area contributed by atoms with Crippen LogP contribution in [0.2, 0.25) is 0 Å². The van der Waals surface area contributed by atoms with E-state index in [0.29, 0.717) is 6.42 Å². The van der Waals surface area contributed by atoms with E-state index in [1.165, 1.54) is 0 Å². The Morgan fingerprint density at radius 2 is 1.92 bits per heavy atom. The van der Waals surface area contributed by atoms with Crippen LogP contribution in [-0.2, 0) is 4.79 Å². The number of aliphatic hydroxyl groups is 1. The lowest BCUT2D eigenvalue weighted by atomic mass is 9.65. The van der Waals surface area contributed by atoms with E-state index in [1.54, 1.807) is 0 Å². The van der Waals surface area contributed by atoms with Crippen LogP contribution in [0.15, 0.2) is 0 Å². The van der Waals surface area contributed by atoms with Gasteiger partial charge in [0.25, 0.3) is 0 Å². The third-order valence-electron chi connectivity index (χ3n) is 3.23. The first-order valence-electron chi connectivity index (χ1n) is 4.74. The van der Waals surface area contributed by atoms with Crippen molar-refractivity contribution in [3.63, 3.8) is 0 Å². The molecule has 1 fully saturated rings. The van der Waals surface area contributed by atoms with E-state index in [0.717, 1.165) is 12.8 Å². The van der Waals surface area contributed by atoms with Gasteiger partial charge in [-0.2, -0.15) is 0 Å². The molecular formula is C10H18O3. The van der Waals surface area contributed by atoms with Gasteiger partial charge in [-0.25, -0.2) is 4.79 Å². The molecule has 76 valence electrons. The zero-order valence-electron chi connectivity index (χ0n) is 8.50. The molecule has 2 N–H and O–H groups in total. The van der Waals surface area contributed by atoms with E-state index in [4.69, 9.17) is 5.11 Å². The molecule has 0 aromatic carbocycles. The van der Waals surface area contributed by atoms with Crippen molar-refractivity contribution >= 4 is 5.97 Å².